The molecule has 5 nitrogen and oxygen atoms in total. The van der Waals surface area contributed by atoms with Gasteiger partial charge in [-0.1, -0.05) is 48.0 Å². The summed E-state index contributed by atoms with van der Waals surface area (Å²) in [4.78, 5) is 37.9. The van der Waals surface area contributed by atoms with Gasteiger partial charge in [0.25, 0.3) is 0 Å². The van der Waals surface area contributed by atoms with Gasteiger partial charge in [-0.2, -0.15) is 0 Å². The van der Waals surface area contributed by atoms with Crippen LogP contribution in [0.3, 0.4) is 0 Å². The van der Waals surface area contributed by atoms with Crippen LogP contribution in [0.1, 0.15) is 16.8 Å². The van der Waals surface area contributed by atoms with Gasteiger partial charge in [-0.05, 0) is 18.2 Å². The fourth-order valence-electron chi connectivity index (χ4n) is 2.72. The molecule has 0 saturated carbocycles. The first-order valence-corrected chi connectivity index (χ1v) is 8.23. The minimum absolute atomic E-state index is 0.0604. The number of nitrogens with zero attached hydrogens (tertiary/aromatic N) is 1. The molecule has 3 rings (SSSR count). The Bertz CT molecular complexity index is 806. The highest BCUT2D eigenvalue weighted by Crippen LogP contribution is 2.27. The summed E-state index contributed by atoms with van der Waals surface area (Å²) in [6.07, 6.45) is 0.0604. The van der Waals surface area contributed by atoms with Crippen LogP contribution in [-0.4, -0.2) is 30.8 Å². The van der Waals surface area contributed by atoms with Crippen molar-refractivity contribution in [3.05, 3.63) is 65.2 Å². The number of benzene rings is 2. The number of halogens is 1. The Morgan fingerprint density at radius 1 is 1.12 bits per heavy atom. The summed E-state index contributed by atoms with van der Waals surface area (Å²) in [6, 6.07) is 15.5. The fraction of sp³-hybridized carbons (Fsp3) is 0.211. The van der Waals surface area contributed by atoms with E-state index in [9.17, 15) is 14.4 Å². The van der Waals surface area contributed by atoms with Crippen molar-refractivity contribution >= 4 is 34.9 Å². The maximum atomic E-state index is 12.2. The van der Waals surface area contributed by atoms with E-state index in [4.69, 9.17) is 16.3 Å². The van der Waals surface area contributed by atoms with Gasteiger partial charge in [-0.3, -0.25) is 14.4 Å². The highest BCUT2D eigenvalue weighted by atomic mass is 35.5. The van der Waals surface area contributed by atoms with E-state index < -0.39 is 11.9 Å². The van der Waals surface area contributed by atoms with Crippen LogP contribution >= 0.6 is 11.6 Å². The summed E-state index contributed by atoms with van der Waals surface area (Å²) >= 11 is 5.95. The third-order valence-corrected chi connectivity index (χ3v) is 4.25. The Hall–Kier alpha value is -2.66. The third-order valence-electron chi connectivity index (χ3n) is 4.02. The largest absolute Gasteiger partial charge is 0.457 e. The zero-order chi connectivity index (χ0) is 17.8. The first-order chi connectivity index (χ1) is 12.0. The van der Waals surface area contributed by atoms with Gasteiger partial charge < -0.3 is 9.64 Å². The monoisotopic (exact) mass is 357 g/mol. The zero-order valence-electron chi connectivity index (χ0n) is 13.4. The highest BCUT2D eigenvalue weighted by molar-refractivity contribution is 6.31. The Kier molecular flexibility index (Phi) is 5.14. The molecule has 0 aliphatic carbocycles. The number of anilines is 1. The van der Waals surface area contributed by atoms with Gasteiger partial charge >= 0.3 is 5.97 Å². The minimum atomic E-state index is -0.588. The second-order valence-corrected chi connectivity index (χ2v) is 6.22. The second kappa shape index (κ2) is 7.49. The summed E-state index contributed by atoms with van der Waals surface area (Å²) in [5.74, 6) is -1.57. The Labute approximate surface area is 150 Å². The summed E-state index contributed by atoms with van der Waals surface area (Å²) in [5.41, 5.74) is 1.13. The SMILES string of the molecule is O=C(COC(=O)[C@@H]1CC(=O)N(c2cccc(Cl)c2)C1)c1ccccc1. The van der Waals surface area contributed by atoms with Crippen molar-refractivity contribution in [1.82, 2.24) is 0 Å². The van der Waals surface area contributed by atoms with Gasteiger partial charge in [0.1, 0.15) is 0 Å². The number of carbonyl (C=O) groups is 3. The number of hydrogen-bond acceptors (Lipinski definition) is 4. The number of rotatable bonds is 5. The van der Waals surface area contributed by atoms with Crippen LogP contribution < -0.4 is 4.90 Å². The molecule has 128 valence electrons. The molecule has 6 heteroatoms. The lowest BCUT2D eigenvalue weighted by molar-refractivity contribution is -0.147. The summed E-state index contributed by atoms with van der Waals surface area (Å²) in [5, 5.41) is 0.518. The molecule has 0 radical (unpaired) electrons. The lowest BCUT2D eigenvalue weighted by atomic mass is 10.1. The van der Waals surface area contributed by atoms with Crippen molar-refractivity contribution in [2.75, 3.05) is 18.1 Å². The summed E-state index contributed by atoms with van der Waals surface area (Å²) < 4.78 is 5.10. The van der Waals surface area contributed by atoms with Gasteiger partial charge in [0.05, 0.1) is 5.92 Å². The van der Waals surface area contributed by atoms with E-state index in [-0.39, 0.29) is 31.3 Å². The Balaban J connectivity index is 1.58. The number of esters is 1. The molecule has 1 heterocycles. The van der Waals surface area contributed by atoms with Crippen molar-refractivity contribution in [3.63, 3.8) is 0 Å². The highest BCUT2D eigenvalue weighted by Gasteiger charge is 2.36. The molecule has 0 aromatic heterocycles. The zero-order valence-corrected chi connectivity index (χ0v) is 14.1. The van der Waals surface area contributed by atoms with Gasteiger partial charge in [-0.15, -0.1) is 0 Å². The van der Waals surface area contributed by atoms with Crippen LogP contribution in [0, 0.1) is 5.92 Å². The van der Waals surface area contributed by atoms with Crippen molar-refractivity contribution in [1.29, 1.82) is 0 Å². The van der Waals surface area contributed by atoms with E-state index in [2.05, 4.69) is 0 Å². The van der Waals surface area contributed by atoms with E-state index in [1.165, 1.54) is 4.90 Å². The maximum absolute atomic E-state index is 12.2. The molecule has 0 bridgehead atoms. The van der Waals surface area contributed by atoms with Gasteiger partial charge in [0.2, 0.25) is 5.91 Å². The number of Topliss-reactive ketones (excluding diaryl/α,β-unsaturated/α-hetero) is 1. The molecule has 1 aliphatic heterocycles. The smallest absolute Gasteiger partial charge is 0.311 e. The van der Waals surface area contributed by atoms with E-state index in [1.54, 1.807) is 54.6 Å². The van der Waals surface area contributed by atoms with Crippen LogP contribution in [0.25, 0.3) is 0 Å². The van der Waals surface area contributed by atoms with Crippen molar-refractivity contribution in [3.8, 4) is 0 Å². The van der Waals surface area contributed by atoms with E-state index in [0.717, 1.165) is 0 Å². The minimum Gasteiger partial charge on any atom is -0.457 e. The molecule has 2 aromatic carbocycles. The van der Waals surface area contributed by atoms with Gasteiger partial charge in [0.15, 0.2) is 12.4 Å². The van der Waals surface area contributed by atoms with Crippen LogP contribution in [0.4, 0.5) is 5.69 Å². The molecular weight excluding hydrogens is 342 g/mol. The van der Waals surface area contributed by atoms with Crippen LogP contribution in [0.15, 0.2) is 54.6 Å². The Morgan fingerprint density at radius 3 is 2.60 bits per heavy atom. The molecule has 1 fully saturated rings. The molecule has 1 aliphatic rings. The van der Waals surface area contributed by atoms with E-state index in [1.807, 2.05) is 0 Å². The predicted octanol–water partition coefficient (Wildman–Crippen LogP) is 3.12. The molecule has 1 atom stereocenters. The van der Waals surface area contributed by atoms with Gasteiger partial charge in [0, 0.05) is 29.2 Å². The topological polar surface area (TPSA) is 63.7 Å². The standard InChI is InChI=1S/C19H16ClNO4/c20-15-7-4-8-16(10-15)21-11-14(9-18(21)23)19(24)25-12-17(22)13-5-2-1-3-6-13/h1-8,10,14H,9,11-12H2/t14-/m1/s1. The normalized spacial score (nSPS) is 16.8. The average Bonchev–Trinajstić information content (AvgIpc) is 3.02. The quantitative estimate of drug-likeness (QED) is 0.609. The molecule has 0 spiro atoms. The maximum Gasteiger partial charge on any atom is 0.311 e. The molecule has 1 amide bonds. The van der Waals surface area contributed by atoms with E-state index >= 15 is 0 Å². The van der Waals surface area contributed by atoms with Crippen LogP contribution in [-0.2, 0) is 14.3 Å². The Morgan fingerprint density at radius 2 is 1.88 bits per heavy atom. The number of ketones is 1. The predicted molar refractivity (Wildman–Crippen MR) is 93.6 cm³/mol. The first-order valence-electron chi connectivity index (χ1n) is 7.85. The number of amides is 1. The van der Waals surface area contributed by atoms with Crippen molar-refractivity contribution in [2.45, 2.75) is 6.42 Å². The van der Waals surface area contributed by atoms with Crippen LogP contribution in [0.2, 0.25) is 5.02 Å². The molecule has 25 heavy (non-hydrogen) atoms. The van der Waals surface area contributed by atoms with Crippen molar-refractivity contribution < 1.29 is 19.1 Å². The molecular formula is C19H16ClNO4. The lowest BCUT2D eigenvalue weighted by Gasteiger charge is -2.16. The fourth-order valence-corrected chi connectivity index (χ4v) is 2.91. The first kappa shape index (κ1) is 17.2. The molecule has 2 aromatic rings. The van der Waals surface area contributed by atoms with Crippen LogP contribution in [0.5, 0.6) is 0 Å². The molecule has 1 saturated heterocycles. The number of carbonyl (C=O) groups excluding carboxylic acids is 3. The van der Waals surface area contributed by atoms with Gasteiger partial charge in [-0.25, -0.2) is 0 Å². The number of ether oxygens (including phenoxy) is 1. The van der Waals surface area contributed by atoms with Crippen molar-refractivity contribution in [2.24, 2.45) is 5.92 Å². The third kappa shape index (κ3) is 4.06. The molecule has 0 N–H and O–H groups in total. The average molecular weight is 358 g/mol. The number of hydrogen-bond donors (Lipinski definition) is 0. The summed E-state index contributed by atoms with van der Waals surface area (Å²) in [7, 11) is 0. The molecule has 0 unspecified atom stereocenters. The van der Waals surface area contributed by atoms with E-state index in [0.29, 0.717) is 16.3 Å². The summed E-state index contributed by atoms with van der Waals surface area (Å²) in [6.45, 7) is -0.109. The lowest BCUT2D eigenvalue weighted by Crippen LogP contribution is -2.27. The second-order valence-electron chi connectivity index (χ2n) is 5.78.